The second-order valence-electron chi connectivity index (χ2n) is 4.19. The van der Waals surface area contributed by atoms with Crippen molar-refractivity contribution < 1.29 is 19.2 Å². The van der Waals surface area contributed by atoms with E-state index in [4.69, 9.17) is 5.73 Å². The lowest BCUT2D eigenvalue weighted by atomic mass is 10.1. The van der Waals surface area contributed by atoms with Crippen molar-refractivity contribution in [3.8, 4) is 0 Å². The number of ether oxygens (including phenoxy) is 1. The zero-order chi connectivity index (χ0) is 15.8. The number of rotatable bonds is 7. The molecule has 1 aromatic rings. The highest BCUT2D eigenvalue weighted by atomic mass is 16.6. The number of amides is 1. The van der Waals surface area contributed by atoms with Gasteiger partial charge < -0.3 is 15.8 Å². The number of hydrogen-bond donors (Lipinski definition) is 2. The Morgan fingerprint density at radius 1 is 1.38 bits per heavy atom. The number of nitrogens with two attached hydrogens (primary N) is 1. The third-order valence-corrected chi connectivity index (χ3v) is 2.68. The van der Waals surface area contributed by atoms with E-state index in [1.807, 2.05) is 0 Å². The van der Waals surface area contributed by atoms with Gasteiger partial charge in [0.2, 0.25) is 5.91 Å². The fraction of sp³-hybridized carbons (Fsp3) is 0.385. The highest BCUT2D eigenvalue weighted by Crippen LogP contribution is 2.11. The Morgan fingerprint density at radius 2 is 2.00 bits per heavy atom. The number of nitrogens with one attached hydrogen (secondary N) is 1. The summed E-state index contributed by atoms with van der Waals surface area (Å²) in [4.78, 5) is 32.8. The summed E-state index contributed by atoms with van der Waals surface area (Å²) in [6.07, 6.45) is 0.472. The number of nitrogens with zero attached hydrogens (tertiary/aromatic N) is 1. The molecule has 1 unspecified atom stereocenters. The Kier molecular flexibility index (Phi) is 6.28. The predicted molar refractivity (Wildman–Crippen MR) is 74.4 cm³/mol. The monoisotopic (exact) mass is 295 g/mol. The Balaban J connectivity index is 2.40. The molecule has 0 spiro atoms. The summed E-state index contributed by atoms with van der Waals surface area (Å²) >= 11 is 0. The molecule has 0 fully saturated rings. The smallest absolute Gasteiger partial charge is 0.332 e. The van der Waals surface area contributed by atoms with Crippen LogP contribution in [0.2, 0.25) is 0 Å². The van der Waals surface area contributed by atoms with E-state index in [0.29, 0.717) is 6.42 Å². The summed E-state index contributed by atoms with van der Waals surface area (Å²) in [6.45, 7) is 2.05. The topological polar surface area (TPSA) is 125 Å². The highest BCUT2D eigenvalue weighted by molar-refractivity contribution is 6.01. The van der Waals surface area contributed by atoms with Crippen LogP contribution in [-0.2, 0) is 20.7 Å². The molecule has 0 aliphatic carbocycles. The summed E-state index contributed by atoms with van der Waals surface area (Å²) in [5, 5.41) is 13.0. The molecule has 1 atom stereocenters. The summed E-state index contributed by atoms with van der Waals surface area (Å²) in [7, 11) is 0. The highest BCUT2D eigenvalue weighted by Gasteiger charge is 2.22. The van der Waals surface area contributed by atoms with Crippen molar-refractivity contribution in [2.75, 3.05) is 13.2 Å². The van der Waals surface area contributed by atoms with Gasteiger partial charge >= 0.3 is 5.97 Å². The zero-order valence-corrected chi connectivity index (χ0v) is 11.6. The van der Waals surface area contributed by atoms with Crippen molar-refractivity contribution in [3.05, 3.63) is 39.9 Å². The van der Waals surface area contributed by atoms with Crippen molar-refractivity contribution in [2.45, 2.75) is 19.4 Å². The number of carbonyl (C=O) groups is 2. The second-order valence-corrected chi connectivity index (χ2v) is 4.19. The minimum atomic E-state index is -1.35. The van der Waals surface area contributed by atoms with E-state index in [2.05, 4.69) is 10.1 Å². The van der Waals surface area contributed by atoms with Gasteiger partial charge in [0, 0.05) is 18.7 Å². The Morgan fingerprint density at radius 3 is 2.52 bits per heavy atom. The van der Waals surface area contributed by atoms with Crippen LogP contribution < -0.4 is 11.1 Å². The maximum Gasteiger partial charge on any atom is 0.332 e. The molecule has 0 aliphatic heterocycles. The van der Waals surface area contributed by atoms with Crippen molar-refractivity contribution in [3.63, 3.8) is 0 Å². The number of carbonyl (C=O) groups excluding carboxylic acids is 2. The quantitative estimate of drug-likeness (QED) is 0.319. The maximum absolute atomic E-state index is 11.6. The van der Waals surface area contributed by atoms with Crippen LogP contribution in [0, 0.1) is 10.1 Å². The van der Waals surface area contributed by atoms with Crippen LogP contribution in [0.5, 0.6) is 0 Å². The lowest BCUT2D eigenvalue weighted by Gasteiger charge is -2.11. The number of non-ortho nitro benzene ring substituents is 1. The first-order valence-electron chi connectivity index (χ1n) is 6.39. The van der Waals surface area contributed by atoms with E-state index in [1.54, 1.807) is 19.1 Å². The summed E-state index contributed by atoms with van der Waals surface area (Å²) in [5.41, 5.74) is 6.25. The van der Waals surface area contributed by atoms with Gasteiger partial charge in [0.05, 0.1) is 11.5 Å². The van der Waals surface area contributed by atoms with E-state index in [-0.39, 0.29) is 18.8 Å². The molecule has 3 N–H and O–H groups in total. The van der Waals surface area contributed by atoms with Gasteiger partial charge in [-0.2, -0.15) is 0 Å². The second kappa shape index (κ2) is 7.95. The van der Waals surface area contributed by atoms with Gasteiger partial charge in [0.15, 0.2) is 6.04 Å². The van der Waals surface area contributed by atoms with Crippen molar-refractivity contribution in [2.24, 2.45) is 5.73 Å². The Bertz CT molecular complexity index is 515. The molecule has 1 amide bonds. The van der Waals surface area contributed by atoms with Crippen LogP contribution in [0.1, 0.15) is 12.5 Å². The van der Waals surface area contributed by atoms with E-state index in [0.717, 1.165) is 5.56 Å². The minimum Gasteiger partial charge on any atom is -0.464 e. The molecule has 0 aromatic heterocycles. The fourth-order valence-electron chi connectivity index (χ4n) is 1.56. The Hall–Kier alpha value is -2.48. The molecule has 1 rings (SSSR count). The van der Waals surface area contributed by atoms with Gasteiger partial charge in [-0.05, 0) is 18.9 Å². The molecule has 8 nitrogen and oxygen atoms in total. The molecule has 1 aromatic carbocycles. The standard InChI is InChI=1S/C13H17N3O5/c1-2-21-13(18)11(14)12(17)15-8-7-9-3-5-10(6-4-9)16(19)20/h3-6,11H,2,7-8,14H2,1H3,(H,15,17). The van der Waals surface area contributed by atoms with Gasteiger partial charge in [0.1, 0.15) is 0 Å². The van der Waals surface area contributed by atoms with Crippen LogP contribution in [0.4, 0.5) is 5.69 Å². The summed E-state index contributed by atoms with van der Waals surface area (Å²) < 4.78 is 4.64. The van der Waals surface area contributed by atoms with Crippen LogP contribution in [0.15, 0.2) is 24.3 Å². The lowest BCUT2D eigenvalue weighted by Crippen LogP contribution is -2.47. The molecule has 114 valence electrons. The van der Waals surface area contributed by atoms with Crippen LogP contribution in [0.25, 0.3) is 0 Å². The largest absolute Gasteiger partial charge is 0.464 e. The SMILES string of the molecule is CCOC(=O)C(N)C(=O)NCCc1ccc([N+](=O)[O-])cc1. The molecule has 0 saturated carbocycles. The normalized spacial score (nSPS) is 11.5. The van der Waals surface area contributed by atoms with E-state index >= 15 is 0 Å². The van der Waals surface area contributed by atoms with Gasteiger partial charge in [-0.15, -0.1) is 0 Å². The van der Waals surface area contributed by atoms with E-state index in [9.17, 15) is 19.7 Å². The molecule has 0 radical (unpaired) electrons. The number of nitro groups is 1. The van der Waals surface area contributed by atoms with Crippen LogP contribution in [0.3, 0.4) is 0 Å². The average molecular weight is 295 g/mol. The van der Waals surface area contributed by atoms with E-state index in [1.165, 1.54) is 12.1 Å². The van der Waals surface area contributed by atoms with Gasteiger partial charge in [0.25, 0.3) is 5.69 Å². The summed E-state index contributed by atoms with van der Waals surface area (Å²) in [6, 6.07) is 4.65. The lowest BCUT2D eigenvalue weighted by molar-refractivity contribution is -0.384. The van der Waals surface area contributed by atoms with Gasteiger partial charge in [-0.3, -0.25) is 14.9 Å². The minimum absolute atomic E-state index is 0.00659. The Labute approximate surface area is 121 Å². The molecule has 0 aliphatic rings. The van der Waals surface area contributed by atoms with Gasteiger partial charge in [-0.25, -0.2) is 4.79 Å². The number of nitro benzene ring substituents is 1. The fourth-order valence-corrected chi connectivity index (χ4v) is 1.56. The summed E-state index contributed by atoms with van der Waals surface area (Å²) in [5.74, 6) is -1.39. The molecular weight excluding hydrogens is 278 g/mol. The average Bonchev–Trinajstić information content (AvgIpc) is 2.47. The third kappa shape index (κ3) is 5.19. The number of hydrogen-bond acceptors (Lipinski definition) is 6. The number of esters is 1. The predicted octanol–water partition coefficient (Wildman–Crippen LogP) is 0.144. The molecule has 8 heteroatoms. The van der Waals surface area contributed by atoms with Gasteiger partial charge in [-0.1, -0.05) is 12.1 Å². The van der Waals surface area contributed by atoms with Crippen LogP contribution >= 0.6 is 0 Å². The van der Waals surface area contributed by atoms with Crippen molar-refractivity contribution in [1.29, 1.82) is 0 Å². The van der Waals surface area contributed by atoms with Crippen LogP contribution in [-0.4, -0.2) is 36.0 Å². The molecule has 21 heavy (non-hydrogen) atoms. The molecular formula is C13H17N3O5. The van der Waals surface area contributed by atoms with Crippen molar-refractivity contribution in [1.82, 2.24) is 5.32 Å². The molecule has 0 bridgehead atoms. The maximum atomic E-state index is 11.6. The first-order valence-corrected chi connectivity index (χ1v) is 6.39. The number of benzene rings is 1. The first-order chi connectivity index (χ1) is 9.95. The molecule has 0 heterocycles. The molecule has 0 saturated heterocycles. The van der Waals surface area contributed by atoms with Crippen molar-refractivity contribution >= 4 is 17.6 Å². The zero-order valence-electron chi connectivity index (χ0n) is 11.6. The third-order valence-electron chi connectivity index (χ3n) is 2.68. The van der Waals surface area contributed by atoms with E-state index < -0.39 is 22.8 Å². The first kappa shape index (κ1) is 16.6.